The number of carbonyl (C=O) groups excluding carboxylic acids is 1. The highest BCUT2D eigenvalue weighted by Gasteiger charge is 2.23. The van der Waals surface area contributed by atoms with Crippen molar-refractivity contribution >= 4 is 45.3 Å². The predicted molar refractivity (Wildman–Crippen MR) is 94.2 cm³/mol. The van der Waals surface area contributed by atoms with Crippen LogP contribution in [-0.4, -0.2) is 21.5 Å². The Morgan fingerprint density at radius 3 is 2.74 bits per heavy atom. The molecule has 0 spiro atoms. The molecule has 0 N–H and O–H groups in total. The molecule has 3 aromatic heterocycles. The first kappa shape index (κ1) is 15.9. The molecule has 0 aromatic carbocycles. The van der Waals surface area contributed by atoms with Gasteiger partial charge in [0.25, 0.3) is 5.56 Å². The van der Waals surface area contributed by atoms with Gasteiger partial charge in [-0.3, -0.25) is 9.36 Å². The summed E-state index contributed by atoms with van der Waals surface area (Å²) in [7, 11) is 1.65. The number of fused-ring (bicyclic) bond motifs is 3. The number of pyridine rings is 1. The molecule has 0 unspecified atom stereocenters. The third kappa shape index (κ3) is 2.40. The summed E-state index contributed by atoms with van der Waals surface area (Å²) in [5.74, 6) is -0.428. The lowest BCUT2D eigenvalue weighted by Crippen LogP contribution is -2.17. The van der Waals surface area contributed by atoms with Gasteiger partial charge >= 0.3 is 5.97 Å². The van der Waals surface area contributed by atoms with Crippen LogP contribution in [0.4, 0.5) is 0 Å². The predicted octanol–water partition coefficient (Wildman–Crippen LogP) is 3.32. The second-order valence-electron chi connectivity index (χ2n) is 5.15. The Bertz CT molecular complexity index is 1040. The first-order valence-corrected chi connectivity index (χ1v) is 8.56. The zero-order chi connectivity index (χ0) is 16.7. The molecule has 5 nitrogen and oxygen atoms in total. The molecule has 0 aliphatic heterocycles. The molecule has 23 heavy (non-hydrogen) atoms. The van der Waals surface area contributed by atoms with E-state index in [9.17, 15) is 9.59 Å². The van der Waals surface area contributed by atoms with Crippen molar-refractivity contribution in [3.05, 3.63) is 43.8 Å². The second-order valence-corrected chi connectivity index (χ2v) is 6.80. The van der Waals surface area contributed by atoms with Gasteiger partial charge in [-0.2, -0.15) is 0 Å². The number of hydrogen-bond donors (Lipinski definition) is 0. The van der Waals surface area contributed by atoms with Crippen molar-refractivity contribution in [3.8, 4) is 0 Å². The summed E-state index contributed by atoms with van der Waals surface area (Å²) in [5, 5.41) is 0. The van der Waals surface area contributed by atoms with Gasteiger partial charge in [-0.05, 0) is 37.2 Å². The van der Waals surface area contributed by atoms with E-state index in [1.165, 1.54) is 15.9 Å². The molecule has 0 aliphatic rings. The number of aromatic nitrogens is 2. The molecule has 0 amide bonds. The highest BCUT2D eigenvalue weighted by Crippen LogP contribution is 2.29. The minimum atomic E-state index is -0.428. The van der Waals surface area contributed by atoms with E-state index in [-0.39, 0.29) is 12.2 Å². The molecule has 0 saturated heterocycles. The molecule has 120 valence electrons. The Morgan fingerprint density at radius 2 is 2.09 bits per heavy atom. The van der Waals surface area contributed by atoms with E-state index < -0.39 is 5.97 Å². The molecule has 3 rings (SSSR count). The van der Waals surface area contributed by atoms with Crippen LogP contribution in [0, 0.1) is 3.95 Å². The van der Waals surface area contributed by atoms with E-state index >= 15 is 0 Å². The van der Waals surface area contributed by atoms with E-state index in [1.807, 2.05) is 25.3 Å². The van der Waals surface area contributed by atoms with Crippen LogP contribution in [0.3, 0.4) is 0 Å². The molecule has 3 heterocycles. The summed E-state index contributed by atoms with van der Waals surface area (Å²) in [4.78, 5) is 25.1. The summed E-state index contributed by atoms with van der Waals surface area (Å²) in [6.07, 6.45) is 2.74. The first-order valence-electron chi connectivity index (χ1n) is 7.33. The van der Waals surface area contributed by atoms with Crippen LogP contribution in [0.5, 0.6) is 0 Å². The van der Waals surface area contributed by atoms with Crippen molar-refractivity contribution < 1.29 is 9.53 Å². The Balaban J connectivity index is 2.56. The van der Waals surface area contributed by atoms with Gasteiger partial charge in [0.2, 0.25) is 0 Å². The van der Waals surface area contributed by atoms with Gasteiger partial charge in [0.05, 0.1) is 16.8 Å². The van der Waals surface area contributed by atoms with Gasteiger partial charge in [-0.15, -0.1) is 11.3 Å². The molecule has 0 fully saturated rings. The fourth-order valence-corrected chi connectivity index (χ4v) is 3.88. The summed E-state index contributed by atoms with van der Waals surface area (Å²) < 4.78 is 9.42. The Morgan fingerprint density at radius 1 is 1.35 bits per heavy atom. The Kier molecular flexibility index (Phi) is 4.08. The summed E-state index contributed by atoms with van der Waals surface area (Å²) in [6.45, 7) is 4.08. The van der Waals surface area contributed by atoms with Crippen LogP contribution >= 0.6 is 23.6 Å². The normalized spacial score (nSPS) is 11.3. The van der Waals surface area contributed by atoms with E-state index in [1.54, 1.807) is 18.4 Å². The maximum absolute atomic E-state index is 12.7. The molecule has 0 atom stereocenters. The van der Waals surface area contributed by atoms with E-state index in [4.69, 9.17) is 17.0 Å². The van der Waals surface area contributed by atoms with Crippen molar-refractivity contribution in [2.75, 3.05) is 6.61 Å². The number of aryl methyl sites for hydroxylation is 1. The summed E-state index contributed by atoms with van der Waals surface area (Å²) >= 11 is 6.51. The number of ether oxygens (including phenoxy) is 1. The minimum absolute atomic E-state index is 0.206. The monoisotopic (exact) mass is 348 g/mol. The lowest BCUT2D eigenvalue weighted by molar-refractivity contribution is 0.0531. The highest BCUT2D eigenvalue weighted by molar-refractivity contribution is 7.73. The molecule has 0 bridgehead atoms. The van der Waals surface area contributed by atoms with Crippen molar-refractivity contribution in [2.45, 2.75) is 20.3 Å². The zero-order valence-electron chi connectivity index (χ0n) is 13.1. The smallest absolute Gasteiger partial charge is 0.341 e. The third-order valence-corrected chi connectivity index (χ3v) is 5.38. The van der Waals surface area contributed by atoms with Crippen LogP contribution in [0.25, 0.3) is 15.7 Å². The fourth-order valence-electron chi connectivity index (χ4n) is 2.58. The van der Waals surface area contributed by atoms with Crippen molar-refractivity contribution in [3.63, 3.8) is 0 Å². The van der Waals surface area contributed by atoms with E-state index in [2.05, 4.69) is 0 Å². The zero-order valence-corrected chi connectivity index (χ0v) is 14.7. The lowest BCUT2D eigenvalue weighted by Gasteiger charge is -2.02. The number of nitrogens with zero attached hydrogens (tertiary/aromatic N) is 2. The van der Waals surface area contributed by atoms with Gasteiger partial charge in [0, 0.05) is 13.2 Å². The fraction of sp³-hybridized carbons (Fsp3) is 0.312. The molecule has 0 saturated carbocycles. The standard InChI is InChI=1S/C16H16N2O3S2/c1-4-9-6-7-10-11(15(20)21-5-2)13-12(18(10)8-9)14(19)17(3)16(22)23-13/h6-8H,4-5H2,1-3H3. The van der Waals surface area contributed by atoms with Gasteiger partial charge in [-0.1, -0.05) is 13.0 Å². The van der Waals surface area contributed by atoms with Crippen molar-refractivity contribution in [1.29, 1.82) is 0 Å². The molecule has 0 aliphatic carbocycles. The van der Waals surface area contributed by atoms with Crippen molar-refractivity contribution in [1.82, 2.24) is 8.97 Å². The van der Waals surface area contributed by atoms with Crippen LogP contribution in [0.2, 0.25) is 0 Å². The van der Waals surface area contributed by atoms with Gasteiger partial charge in [-0.25, -0.2) is 4.79 Å². The Labute approximate surface area is 141 Å². The summed E-state index contributed by atoms with van der Waals surface area (Å²) in [5.41, 5.74) is 2.43. The van der Waals surface area contributed by atoms with E-state index in [0.29, 0.717) is 25.3 Å². The SMILES string of the molecule is CCOC(=O)c1c2sc(=S)n(C)c(=O)c2n2cc(CC)ccc12. The average molecular weight is 348 g/mol. The number of carbonyl (C=O) groups is 1. The quantitative estimate of drug-likeness (QED) is 0.538. The molecule has 7 heteroatoms. The van der Waals surface area contributed by atoms with Crippen LogP contribution in [0.15, 0.2) is 23.1 Å². The third-order valence-electron chi connectivity index (χ3n) is 3.81. The van der Waals surface area contributed by atoms with Crippen molar-refractivity contribution in [2.24, 2.45) is 7.05 Å². The highest BCUT2D eigenvalue weighted by atomic mass is 32.1. The molecule has 3 aromatic rings. The number of esters is 1. The first-order chi connectivity index (χ1) is 11.0. The maximum atomic E-state index is 12.7. The molecule has 0 radical (unpaired) electrons. The topological polar surface area (TPSA) is 52.7 Å². The summed E-state index contributed by atoms with van der Waals surface area (Å²) in [6, 6.07) is 3.82. The van der Waals surface area contributed by atoms with Crippen LogP contribution in [-0.2, 0) is 18.2 Å². The van der Waals surface area contributed by atoms with Gasteiger partial charge in [0.1, 0.15) is 11.1 Å². The van der Waals surface area contributed by atoms with E-state index in [0.717, 1.165) is 12.0 Å². The van der Waals surface area contributed by atoms with Crippen LogP contribution in [0.1, 0.15) is 29.8 Å². The molecular weight excluding hydrogens is 332 g/mol. The van der Waals surface area contributed by atoms with Crippen LogP contribution < -0.4 is 5.56 Å². The maximum Gasteiger partial charge on any atom is 0.341 e. The van der Waals surface area contributed by atoms with Gasteiger partial charge in [0.15, 0.2) is 3.95 Å². The number of rotatable bonds is 3. The lowest BCUT2D eigenvalue weighted by atomic mass is 10.2. The minimum Gasteiger partial charge on any atom is -0.462 e. The molecular formula is C16H16N2O3S2. The largest absolute Gasteiger partial charge is 0.462 e. The average Bonchev–Trinajstić information content (AvgIpc) is 2.85. The number of hydrogen-bond acceptors (Lipinski definition) is 5. The second kappa shape index (κ2) is 5.90. The van der Waals surface area contributed by atoms with Gasteiger partial charge < -0.3 is 9.14 Å². The Hall–Kier alpha value is -1.99.